The minimum atomic E-state index is -0.538. The van der Waals surface area contributed by atoms with E-state index in [4.69, 9.17) is 38.4 Å². The number of aromatic nitrogens is 2. The highest BCUT2D eigenvalue weighted by molar-refractivity contribution is 6.32. The van der Waals surface area contributed by atoms with E-state index in [9.17, 15) is 5.26 Å². The number of hydrogen-bond acceptors (Lipinski definition) is 8. The lowest BCUT2D eigenvalue weighted by atomic mass is 9.91. The van der Waals surface area contributed by atoms with Crippen LogP contribution in [0.5, 0.6) is 11.5 Å². The highest BCUT2D eigenvalue weighted by Crippen LogP contribution is 2.38. The summed E-state index contributed by atoms with van der Waals surface area (Å²) in [4.78, 5) is 8.56. The number of halogens is 2. The van der Waals surface area contributed by atoms with Crippen molar-refractivity contribution in [1.82, 2.24) is 9.97 Å². The molecule has 0 aliphatic carbocycles. The van der Waals surface area contributed by atoms with Crippen LogP contribution in [0, 0.1) is 18.3 Å². The van der Waals surface area contributed by atoms with Crippen LogP contribution in [0.3, 0.4) is 0 Å². The molecule has 4 N–H and O–H groups in total. The summed E-state index contributed by atoms with van der Waals surface area (Å²) in [6, 6.07) is 18.6. The third-order valence-electron chi connectivity index (χ3n) is 5.76. The number of nitriles is 1. The summed E-state index contributed by atoms with van der Waals surface area (Å²) in [6.45, 7) is 2.11. The third-order valence-corrected chi connectivity index (χ3v) is 6.34. The Morgan fingerprint density at radius 2 is 1.69 bits per heavy atom. The molecule has 0 bridgehead atoms. The quantitative estimate of drug-likeness (QED) is 0.263. The fourth-order valence-corrected chi connectivity index (χ4v) is 4.27. The summed E-state index contributed by atoms with van der Waals surface area (Å²) in [5.74, 6) is 1.63. The normalized spacial score (nSPS) is 12.6. The Hall–Kier alpha value is -4.19. The molecule has 4 aromatic rings. The number of nitrogens with one attached hydrogen (secondary N) is 2. The third kappa shape index (κ3) is 4.67. The molecule has 0 spiro atoms. The van der Waals surface area contributed by atoms with Gasteiger partial charge in [0.25, 0.3) is 0 Å². The molecule has 1 aromatic heterocycles. The van der Waals surface area contributed by atoms with Crippen LogP contribution in [0.2, 0.25) is 10.0 Å². The van der Waals surface area contributed by atoms with Crippen LogP contribution >= 0.6 is 23.2 Å². The molecule has 8 nitrogen and oxygen atoms in total. The summed E-state index contributed by atoms with van der Waals surface area (Å²) in [7, 11) is 0. The first-order valence-electron chi connectivity index (χ1n) is 10.9. The van der Waals surface area contributed by atoms with Crippen molar-refractivity contribution in [2.24, 2.45) is 0 Å². The van der Waals surface area contributed by atoms with Crippen LogP contribution in [0.25, 0.3) is 0 Å². The average molecular weight is 519 g/mol. The molecule has 0 fully saturated rings. The van der Waals surface area contributed by atoms with Gasteiger partial charge in [0.15, 0.2) is 23.1 Å². The fourth-order valence-electron chi connectivity index (χ4n) is 3.87. The predicted octanol–water partition coefficient (Wildman–Crippen LogP) is 6.55. The van der Waals surface area contributed by atoms with Gasteiger partial charge in [0.05, 0.1) is 12.0 Å². The number of nitrogen functional groups attached to an aromatic ring is 1. The zero-order chi connectivity index (χ0) is 25.2. The number of aryl methyl sites for hydroxylation is 1. The molecule has 1 unspecified atom stereocenters. The number of benzene rings is 3. The number of ether oxygens (including phenoxy) is 2. The van der Waals surface area contributed by atoms with Gasteiger partial charge < -0.3 is 25.8 Å². The first-order valence-corrected chi connectivity index (χ1v) is 11.7. The van der Waals surface area contributed by atoms with E-state index >= 15 is 0 Å². The number of nitrogens with zero attached hydrogens (tertiary/aromatic N) is 3. The summed E-state index contributed by atoms with van der Waals surface area (Å²) in [5, 5.41) is 17.3. The molecule has 180 valence electrons. The van der Waals surface area contributed by atoms with E-state index in [1.54, 1.807) is 18.2 Å². The summed E-state index contributed by atoms with van der Waals surface area (Å²) in [5.41, 5.74) is 10.5. The van der Waals surface area contributed by atoms with Gasteiger partial charge in [-0.3, -0.25) is 0 Å². The second kappa shape index (κ2) is 9.82. The maximum atomic E-state index is 9.85. The van der Waals surface area contributed by atoms with Gasteiger partial charge in [-0.1, -0.05) is 41.4 Å². The van der Waals surface area contributed by atoms with Crippen LogP contribution in [-0.2, 0) is 0 Å². The van der Waals surface area contributed by atoms with E-state index in [1.165, 1.54) is 6.33 Å². The Bertz CT molecular complexity index is 1490. The second-order valence-electron chi connectivity index (χ2n) is 8.10. The Balaban J connectivity index is 1.40. The zero-order valence-corrected chi connectivity index (χ0v) is 20.6. The lowest BCUT2D eigenvalue weighted by molar-refractivity contribution is 0.174. The highest BCUT2D eigenvalue weighted by Gasteiger charge is 2.20. The summed E-state index contributed by atoms with van der Waals surface area (Å²) < 4.78 is 10.8. The van der Waals surface area contributed by atoms with Crippen molar-refractivity contribution in [1.29, 1.82) is 5.26 Å². The Morgan fingerprint density at radius 1 is 0.972 bits per heavy atom. The van der Waals surface area contributed by atoms with Crippen LogP contribution < -0.4 is 25.8 Å². The molecule has 1 atom stereocenters. The van der Waals surface area contributed by atoms with Crippen molar-refractivity contribution >= 4 is 51.9 Å². The second-order valence-corrected chi connectivity index (χ2v) is 8.95. The summed E-state index contributed by atoms with van der Waals surface area (Å²) in [6.07, 6.45) is 1.41. The monoisotopic (exact) mass is 518 g/mol. The first kappa shape index (κ1) is 23.5. The van der Waals surface area contributed by atoms with Gasteiger partial charge in [-0.2, -0.15) is 5.26 Å². The topological polar surface area (TPSA) is 118 Å². The largest absolute Gasteiger partial charge is 0.454 e. The van der Waals surface area contributed by atoms with E-state index in [0.29, 0.717) is 50.1 Å². The number of hydrogen-bond donors (Lipinski definition) is 3. The number of fused-ring (bicyclic) bond motifs is 1. The zero-order valence-electron chi connectivity index (χ0n) is 19.0. The highest BCUT2D eigenvalue weighted by atomic mass is 35.5. The van der Waals surface area contributed by atoms with E-state index in [1.807, 2.05) is 43.3 Å². The lowest BCUT2D eigenvalue weighted by Crippen LogP contribution is -2.06. The van der Waals surface area contributed by atoms with Crippen LogP contribution in [0.4, 0.5) is 28.7 Å². The minimum Gasteiger partial charge on any atom is -0.454 e. The van der Waals surface area contributed by atoms with Gasteiger partial charge in [-0.25, -0.2) is 9.97 Å². The van der Waals surface area contributed by atoms with Gasteiger partial charge in [0.2, 0.25) is 6.79 Å². The first-order chi connectivity index (χ1) is 17.4. The van der Waals surface area contributed by atoms with E-state index < -0.39 is 5.92 Å². The molecule has 5 rings (SSSR count). The van der Waals surface area contributed by atoms with Crippen molar-refractivity contribution in [3.8, 4) is 17.6 Å². The fraction of sp³-hybridized carbons (Fsp3) is 0.115. The lowest BCUT2D eigenvalue weighted by Gasteiger charge is -2.17. The molecule has 3 aromatic carbocycles. The number of anilines is 5. The Labute approximate surface area is 217 Å². The van der Waals surface area contributed by atoms with E-state index in [0.717, 1.165) is 16.8 Å². The molecular weight excluding hydrogens is 499 g/mol. The van der Waals surface area contributed by atoms with Crippen molar-refractivity contribution in [2.75, 3.05) is 23.2 Å². The standard InChI is InChI=1S/C26H20Cl2N6O2/c1-14-8-18(19(11-29)15-2-4-16(27)5-3-15)20(28)10-21(14)34-26-24(30)25(31-12-32-26)33-17-6-7-22-23(9-17)36-13-35-22/h2-10,12,19H,13,30H2,1H3,(H2,31,32,33,34). The molecule has 2 heterocycles. The van der Waals surface area contributed by atoms with Crippen LogP contribution in [0.1, 0.15) is 22.6 Å². The number of rotatable bonds is 6. The van der Waals surface area contributed by atoms with E-state index in [2.05, 4.69) is 26.7 Å². The summed E-state index contributed by atoms with van der Waals surface area (Å²) >= 11 is 12.6. The van der Waals surface area contributed by atoms with Gasteiger partial charge in [-0.05, 0) is 53.9 Å². The van der Waals surface area contributed by atoms with Gasteiger partial charge in [0.1, 0.15) is 12.0 Å². The molecule has 1 aliphatic heterocycles. The Kier molecular flexibility index (Phi) is 6.42. The van der Waals surface area contributed by atoms with Crippen LogP contribution in [-0.4, -0.2) is 16.8 Å². The van der Waals surface area contributed by atoms with Crippen molar-refractivity contribution < 1.29 is 9.47 Å². The van der Waals surface area contributed by atoms with Gasteiger partial charge >= 0.3 is 0 Å². The predicted molar refractivity (Wildman–Crippen MR) is 141 cm³/mol. The molecule has 0 saturated carbocycles. The van der Waals surface area contributed by atoms with Crippen molar-refractivity contribution in [3.05, 3.63) is 87.7 Å². The van der Waals surface area contributed by atoms with E-state index in [-0.39, 0.29) is 6.79 Å². The molecule has 10 heteroatoms. The molecule has 0 radical (unpaired) electrons. The molecule has 0 amide bonds. The van der Waals surface area contributed by atoms with Gasteiger partial charge in [-0.15, -0.1) is 0 Å². The molecular formula is C26H20Cl2N6O2. The molecule has 0 saturated heterocycles. The average Bonchev–Trinajstić information content (AvgIpc) is 3.34. The molecule has 1 aliphatic rings. The minimum absolute atomic E-state index is 0.192. The smallest absolute Gasteiger partial charge is 0.231 e. The SMILES string of the molecule is Cc1cc(C(C#N)c2ccc(Cl)cc2)c(Cl)cc1Nc1ncnc(Nc2ccc3c(c2)OCO3)c1N. The maximum Gasteiger partial charge on any atom is 0.231 e. The van der Waals surface area contributed by atoms with Gasteiger partial charge in [0, 0.05) is 27.5 Å². The molecule has 36 heavy (non-hydrogen) atoms. The van der Waals surface area contributed by atoms with Crippen molar-refractivity contribution in [2.45, 2.75) is 12.8 Å². The van der Waals surface area contributed by atoms with Crippen LogP contribution in [0.15, 0.2) is 60.9 Å². The number of nitrogens with two attached hydrogens (primary N) is 1. The van der Waals surface area contributed by atoms with Crippen molar-refractivity contribution in [3.63, 3.8) is 0 Å². The Morgan fingerprint density at radius 3 is 2.44 bits per heavy atom. The maximum absolute atomic E-state index is 9.85.